The lowest BCUT2D eigenvalue weighted by atomic mass is 9.82. The van der Waals surface area contributed by atoms with E-state index in [0.29, 0.717) is 29.3 Å². The molecular weight excluding hydrogens is 415 g/mol. The first-order chi connectivity index (χ1) is 16.0. The Morgan fingerprint density at radius 3 is 2.27 bits per heavy atom. The fourth-order valence-electron chi connectivity index (χ4n) is 7.10. The molecule has 5 heteroatoms. The van der Waals surface area contributed by atoms with Crippen LogP contribution in [0.3, 0.4) is 0 Å². The number of nitrogens with one attached hydrogen (secondary N) is 1. The number of nitrogens with zero attached hydrogens (tertiary/aromatic N) is 1. The second-order valence-corrected chi connectivity index (χ2v) is 11.3. The molecule has 1 aromatic carbocycles. The zero-order chi connectivity index (χ0) is 22.8. The molecule has 33 heavy (non-hydrogen) atoms. The maximum Gasteiger partial charge on any atom is 0.223 e. The molecule has 2 bridgehead atoms. The highest BCUT2D eigenvalue weighted by atomic mass is 19.1. The summed E-state index contributed by atoms with van der Waals surface area (Å²) in [7, 11) is 0. The van der Waals surface area contributed by atoms with Gasteiger partial charge in [0.05, 0.1) is 0 Å². The fourth-order valence-corrected chi connectivity index (χ4v) is 7.10. The standard InChI is InChI=1S/C28H39FN2O2/c29-24-7-5-21(6-8-24)27(32)22-12-15-31(16-13-22)14-11-19-2-9-25(10-3-19)30-28(33)26-18-20-1-4-23(26)17-20/h5-8,19-20,22-23,25-26H,1-4,9-18H2,(H,30,33)/t19?,20-,23+,25?,26-/m1/s1. The first-order valence-corrected chi connectivity index (χ1v) is 13.4. The molecule has 4 fully saturated rings. The molecule has 1 heterocycles. The minimum Gasteiger partial charge on any atom is -0.353 e. The van der Waals surface area contributed by atoms with E-state index in [-0.39, 0.29) is 17.5 Å². The third kappa shape index (κ3) is 5.50. The molecule has 180 valence electrons. The maximum absolute atomic E-state index is 13.1. The highest BCUT2D eigenvalue weighted by Crippen LogP contribution is 2.48. The Bertz CT molecular complexity index is 825. The Kier molecular flexibility index (Phi) is 7.15. The van der Waals surface area contributed by atoms with Gasteiger partial charge in [-0.15, -0.1) is 0 Å². The molecule has 1 aromatic rings. The molecule has 0 spiro atoms. The zero-order valence-electron chi connectivity index (χ0n) is 19.8. The van der Waals surface area contributed by atoms with Crippen LogP contribution in [-0.2, 0) is 4.79 Å². The summed E-state index contributed by atoms with van der Waals surface area (Å²) in [4.78, 5) is 27.9. The van der Waals surface area contributed by atoms with Gasteiger partial charge in [-0.05, 0) is 126 Å². The monoisotopic (exact) mass is 454 g/mol. The van der Waals surface area contributed by atoms with Gasteiger partial charge in [-0.25, -0.2) is 4.39 Å². The minimum atomic E-state index is -0.293. The highest BCUT2D eigenvalue weighted by Gasteiger charge is 2.43. The first kappa shape index (κ1) is 23.0. The van der Waals surface area contributed by atoms with Crippen LogP contribution in [0.1, 0.15) is 81.0 Å². The minimum absolute atomic E-state index is 0.0702. The summed E-state index contributed by atoms with van der Waals surface area (Å²) < 4.78 is 13.1. The Balaban J connectivity index is 0.980. The predicted octanol–water partition coefficient (Wildman–Crippen LogP) is 5.22. The normalized spacial score (nSPS) is 32.7. The van der Waals surface area contributed by atoms with E-state index < -0.39 is 0 Å². The molecule has 0 unspecified atom stereocenters. The van der Waals surface area contributed by atoms with Gasteiger partial charge in [0.2, 0.25) is 5.91 Å². The van der Waals surface area contributed by atoms with Gasteiger partial charge in [-0.1, -0.05) is 6.42 Å². The molecule has 1 N–H and O–H groups in total. The van der Waals surface area contributed by atoms with Gasteiger partial charge >= 0.3 is 0 Å². The van der Waals surface area contributed by atoms with Gasteiger partial charge < -0.3 is 10.2 Å². The third-order valence-corrected chi connectivity index (χ3v) is 9.21. The van der Waals surface area contributed by atoms with Crippen LogP contribution in [0.4, 0.5) is 4.39 Å². The quantitative estimate of drug-likeness (QED) is 0.575. The van der Waals surface area contributed by atoms with Crippen molar-refractivity contribution in [2.45, 2.75) is 76.7 Å². The van der Waals surface area contributed by atoms with Gasteiger partial charge in [0.15, 0.2) is 5.78 Å². The Hall–Kier alpha value is -1.75. The number of carbonyl (C=O) groups is 2. The molecule has 3 aliphatic carbocycles. The van der Waals surface area contributed by atoms with Crippen LogP contribution >= 0.6 is 0 Å². The summed E-state index contributed by atoms with van der Waals surface area (Å²) in [6, 6.07) is 6.37. The zero-order valence-corrected chi connectivity index (χ0v) is 19.8. The summed E-state index contributed by atoms with van der Waals surface area (Å²) >= 11 is 0. The molecule has 3 saturated carbocycles. The smallest absolute Gasteiger partial charge is 0.223 e. The number of halogens is 1. The average molecular weight is 455 g/mol. The van der Waals surface area contributed by atoms with E-state index in [9.17, 15) is 14.0 Å². The summed E-state index contributed by atoms with van der Waals surface area (Å²) in [6.45, 7) is 3.07. The molecule has 0 aromatic heterocycles. The van der Waals surface area contributed by atoms with Crippen molar-refractivity contribution in [3.8, 4) is 0 Å². The van der Waals surface area contributed by atoms with Crippen LogP contribution < -0.4 is 5.32 Å². The summed E-state index contributed by atoms with van der Waals surface area (Å²) in [6.07, 6.45) is 12.8. The topological polar surface area (TPSA) is 49.4 Å². The molecule has 5 rings (SSSR count). The lowest BCUT2D eigenvalue weighted by Gasteiger charge is -2.34. The molecule has 4 nitrogen and oxygen atoms in total. The van der Waals surface area contributed by atoms with E-state index in [1.165, 1.54) is 50.7 Å². The second-order valence-electron chi connectivity index (χ2n) is 11.3. The Morgan fingerprint density at radius 2 is 1.64 bits per heavy atom. The fraction of sp³-hybridized carbons (Fsp3) is 0.714. The molecule has 4 aliphatic rings. The van der Waals surface area contributed by atoms with Gasteiger partial charge in [-0.2, -0.15) is 0 Å². The maximum atomic E-state index is 13.1. The van der Waals surface area contributed by atoms with Crippen molar-refractivity contribution >= 4 is 11.7 Å². The van der Waals surface area contributed by atoms with E-state index in [2.05, 4.69) is 10.2 Å². The number of hydrogen-bond acceptors (Lipinski definition) is 3. The van der Waals surface area contributed by atoms with Gasteiger partial charge in [0, 0.05) is 23.4 Å². The third-order valence-electron chi connectivity index (χ3n) is 9.21. The van der Waals surface area contributed by atoms with E-state index in [1.807, 2.05) is 0 Å². The van der Waals surface area contributed by atoms with Crippen molar-refractivity contribution in [1.29, 1.82) is 0 Å². The molecule has 1 saturated heterocycles. The van der Waals surface area contributed by atoms with Crippen LogP contribution in [-0.4, -0.2) is 42.3 Å². The number of rotatable bonds is 7. The molecule has 3 atom stereocenters. The number of likely N-dealkylation sites (tertiary alicyclic amines) is 1. The summed E-state index contributed by atoms with van der Waals surface area (Å²) in [5.74, 6) is 2.86. The number of ketones is 1. The number of fused-ring (bicyclic) bond motifs is 2. The lowest BCUT2D eigenvalue weighted by Crippen LogP contribution is -2.42. The number of carbonyl (C=O) groups excluding carboxylic acids is 2. The van der Waals surface area contributed by atoms with Crippen molar-refractivity contribution in [2.24, 2.45) is 29.6 Å². The van der Waals surface area contributed by atoms with E-state index in [4.69, 9.17) is 0 Å². The number of Topliss-reactive ketones (excluding diaryl/α,β-unsaturated/α-hetero) is 1. The predicted molar refractivity (Wildman–Crippen MR) is 127 cm³/mol. The number of amides is 1. The van der Waals surface area contributed by atoms with E-state index >= 15 is 0 Å². The molecular formula is C28H39FN2O2. The lowest BCUT2D eigenvalue weighted by molar-refractivity contribution is -0.127. The Labute approximate surface area is 197 Å². The van der Waals surface area contributed by atoms with Crippen molar-refractivity contribution in [1.82, 2.24) is 10.2 Å². The molecule has 1 aliphatic heterocycles. The summed E-state index contributed by atoms with van der Waals surface area (Å²) in [5, 5.41) is 3.40. The number of hydrogen-bond donors (Lipinski definition) is 1. The van der Waals surface area contributed by atoms with Gasteiger partial charge in [0.25, 0.3) is 0 Å². The first-order valence-electron chi connectivity index (χ1n) is 13.4. The highest BCUT2D eigenvalue weighted by molar-refractivity contribution is 5.97. The van der Waals surface area contributed by atoms with Crippen LogP contribution in [0.15, 0.2) is 24.3 Å². The van der Waals surface area contributed by atoms with Crippen molar-refractivity contribution in [3.63, 3.8) is 0 Å². The van der Waals surface area contributed by atoms with Crippen molar-refractivity contribution in [3.05, 3.63) is 35.6 Å². The van der Waals surface area contributed by atoms with Gasteiger partial charge in [-0.3, -0.25) is 9.59 Å². The number of benzene rings is 1. The SMILES string of the molecule is O=C(c1ccc(F)cc1)C1CCN(CCC2CCC(NC(=O)[C@@H]3C[C@@H]4CC[C@H]3C4)CC2)CC1. The van der Waals surface area contributed by atoms with Crippen molar-refractivity contribution in [2.75, 3.05) is 19.6 Å². The van der Waals surface area contributed by atoms with Crippen molar-refractivity contribution < 1.29 is 14.0 Å². The summed E-state index contributed by atoms with van der Waals surface area (Å²) in [5.41, 5.74) is 0.638. The number of piperidine rings is 1. The van der Waals surface area contributed by atoms with Crippen LogP contribution in [0.2, 0.25) is 0 Å². The van der Waals surface area contributed by atoms with Crippen LogP contribution in [0, 0.1) is 35.4 Å². The molecule has 1 amide bonds. The average Bonchev–Trinajstić information content (AvgIpc) is 3.48. The van der Waals surface area contributed by atoms with E-state index in [1.54, 1.807) is 12.1 Å². The largest absolute Gasteiger partial charge is 0.353 e. The van der Waals surface area contributed by atoms with Crippen LogP contribution in [0.25, 0.3) is 0 Å². The van der Waals surface area contributed by atoms with Gasteiger partial charge in [0.1, 0.15) is 5.82 Å². The molecule has 0 radical (unpaired) electrons. The van der Waals surface area contributed by atoms with Crippen LogP contribution in [0.5, 0.6) is 0 Å². The second kappa shape index (κ2) is 10.2. The Morgan fingerprint density at radius 1 is 0.909 bits per heavy atom. The van der Waals surface area contributed by atoms with E-state index in [0.717, 1.165) is 63.6 Å².